The minimum absolute atomic E-state index is 0.175. The quantitative estimate of drug-likeness (QED) is 0.133. The summed E-state index contributed by atoms with van der Waals surface area (Å²) in [5, 5.41) is 3.57. The van der Waals surface area contributed by atoms with E-state index in [2.05, 4.69) is 345 Å². The molecule has 11 rings (SSSR count). The molecule has 7 aromatic rings. The van der Waals surface area contributed by atoms with Gasteiger partial charge >= 0.3 is 6.09 Å². The molecule has 4 aliphatic heterocycles. The molecule has 4 aliphatic rings. The summed E-state index contributed by atoms with van der Waals surface area (Å²) >= 11 is 0. The molecule has 4 fully saturated rings. The van der Waals surface area contributed by atoms with Gasteiger partial charge < -0.3 is 53.7 Å². The number of ketones is 1. The standard InChI is InChI=1S/C19H30N2O2.C17H25NO.C16H26N2.C16H28N2.C14H21NO.C13H16N2/c1-18(2,3)15-7-9-16(10-8-15)20-11-13-21(14-12-20)17(22)23-19(4,5)6;1-13(19)14-9-11-18(12-10-14)16-7-5-15(6-8-16)17(2,3)4;1-12-10-18(11-13(2)17-12)15-8-6-14(7-9-15)16(3,4)5;1-16(2,3)14-8-10-15(11-9-14)18(6)13-7-12-17(4)5;1-14(2,3)12-4-6-13(7-5-12)15-8-10-16-11-9-15;1-13(2,3)11-4-6-12(7-5-11)15-9-8-14-10-15/h7-10H,11-14H2,1-6H3;5-8,14H,9-12H2,1-4H3;6-9,12-13,17H,10-11H2,1-5H3;8-11H,7,12-13H2,1-6H3;4-7H,8-11H2,1-3H3;4-10H,1-3H3. The average Bonchev–Trinajstić information content (AvgIpc) is 1.42. The van der Waals surface area contributed by atoms with Gasteiger partial charge in [-0.2, -0.15) is 0 Å². The molecule has 6 aromatic carbocycles. The molecule has 4 saturated heterocycles. The Kier molecular flexibility index (Phi) is 33.1. The number of hydrogen-bond donors (Lipinski definition) is 1. The number of amides is 1. The Morgan fingerprint density at radius 2 is 0.771 bits per heavy atom. The van der Waals surface area contributed by atoms with Crippen molar-refractivity contribution in [2.45, 2.75) is 236 Å². The second kappa shape index (κ2) is 40.0. The number of hydrogen-bond acceptors (Lipinski definition) is 12. The van der Waals surface area contributed by atoms with Crippen LogP contribution >= 0.6 is 0 Å². The summed E-state index contributed by atoms with van der Waals surface area (Å²) in [5.74, 6) is 0.632. The van der Waals surface area contributed by atoms with Gasteiger partial charge in [0.25, 0.3) is 0 Å². The van der Waals surface area contributed by atoms with E-state index in [1.165, 1.54) is 68.2 Å². The van der Waals surface area contributed by atoms with Crippen molar-refractivity contribution in [1.29, 1.82) is 0 Å². The molecule has 0 aliphatic carbocycles. The van der Waals surface area contributed by atoms with Crippen molar-refractivity contribution >= 4 is 40.3 Å². The number of carbonyl (C=O) groups excluding carboxylic acids is 2. The lowest BCUT2D eigenvalue weighted by atomic mass is 9.87. The van der Waals surface area contributed by atoms with Crippen LogP contribution in [0.15, 0.2) is 164 Å². The first kappa shape index (κ1) is 90.2. The van der Waals surface area contributed by atoms with Gasteiger partial charge in [-0.05, 0) is 220 Å². The highest BCUT2D eigenvalue weighted by Gasteiger charge is 2.28. The number of benzene rings is 6. The van der Waals surface area contributed by atoms with Crippen LogP contribution in [-0.4, -0.2) is 162 Å². The number of piperazine rings is 2. The van der Waals surface area contributed by atoms with Gasteiger partial charge in [-0.15, -0.1) is 0 Å². The molecule has 1 aromatic heterocycles. The first-order valence-corrected chi connectivity index (χ1v) is 40.5. The molecule has 5 heterocycles. The SMILES string of the molecule is CC(=O)C1CCN(c2ccc(C(C)(C)C)cc2)CC1.CC(C)(C)OC(=O)N1CCN(c2ccc(C(C)(C)C)cc2)CC1.CC(C)(C)c1ccc(-n2ccnc2)cc1.CC(C)(C)c1ccc(N2CCOCC2)cc1.CC1CN(c2ccc(C(C)(C)C)cc2)CC(C)N1.CN(C)CCCN(C)c1ccc(C(C)(C)C)cc1. The summed E-state index contributed by atoms with van der Waals surface area (Å²) in [6, 6.07) is 54.4. The van der Waals surface area contributed by atoms with Crippen molar-refractivity contribution in [3.63, 3.8) is 0 Å². The number of Topliss-reactive ketones (excluding diaryl/α,β-unsaturated/α-hetero) is 1. The molecule has 2 atom stereocenters. The lowest BCUT2D eigenvalue weighted by Crippen LogP contribution is -2.54. The van der Waals surface area contributed by atoms with Crippen LogP contribution in [0.4, 0.5) is 33.2 Å². The molecular formula is C95H146N10O4. The second-order valence-corrected chi connectivity index (χ2v) is 38.1. The van der Waals surface area contributed by atoms with Crippen molar-refractivity contribution in [2.24, 2.45) is 5.92 Å². The van der Waals surface area contributed by atoms with E-state index in [9.17, 15) is 9.59 Å². The van der Waals surface area contributed by atoms with Gasteiger partial charge in [-0.1, -0.05) is 197 Å². The van der Waals surface area contributed by atoms with Crippen LogP contribution in [0, 0.1) is 5.92 Å². The Balaban J connectivity index is 0.000000205. The van der Waals surface area contributed by atoms with E-state index in [1.807, 2.05) is 37.9 Å². The molecule has 14 nitrogen and oxygen atoms in total. The number of aromatic nitrogens is 2. The van der Waals surface area contributed by atoms with Crippen LogP contribution in [0.2, 0.25) is 0 Å². The Hall–Kier alpha value is -7.65. The number of piperidine rings is 1. The Labute approximate surface area is 662 Å². The molecule has 0 radical (unpaired) electrons. The van der Waals surface area contributed by atoms with Gasteiger partial charge in [-0.3, -0.25) is 4.79 Å². The van der Waals surface area contributed by atoms with Crippen molar-refractivity contribution in [3.05, 3.63) is 198 Å². The molecule has 1 amide bonds. The predicted octanol–water partition coefficient (Wildman–Crippen LogP) is 20.4. The lowest BCUT2D eigenvalue weighted by molar-refractivity contribution is -0.121. The maximum atomic E-state index is 12.1. The van der Waals surface area contributed by atoms with Crippen LogP contribution in [0.5, 0.6) is 0 Å². The first-order chi connectivity index (χ1) is 50.7. The maximum absolute atomic E-state index is 12.1. The third kappa shape index (κ3) is 30.5. The Morgan fingerprint density at radius 1 is 0.440 bits per heavy atom. The zero-order chi connectivity index (χ0) is 80.9. The Bertz CT molecular complexity index is 3730. The van der Waals surface area contributed by atoms with Gasteiger partial charge in [0.1, 0.15) is 11.4 Å². The van der Waals surface area contributed by atoms with Crippen LogP contribution < -0.4 is 29.8 Å². The number of imidazole rings is 1. The van der Waals surface area contributed by atoms with Crippen LogP contribution in [0.25, 0.3) is 5.69 Å². The van der Waals surface area contributed by atoms with E-state index in [4.69, 9.17) is 9.47 Å². The smallest absolute Gasteiger partial charge is 0.410 e. The normalized spacial score (nSPS) is 16.9. The molecule has 1 N–H and O–H groups in total. The maximum Gasteiger partial charge on any atom is 0.410 e. The summed E-state index contributed by atoms with van der Waals surface area (Å²) in [6.45, 7) is 65.5. The third-order valence-electron chi connectivity index (χ3n) is 20.8. The second-order valence-electron chi connectivity index (χ2n) is 38.1. The monoisotopic (exact) mass is 1490 g/mol. The van der Waals surface area contributed by atoms with Gasteiger partial charge in [0, 0.05) is 144 Å². The average molecular weight is 1490 g/mol. The van der Waals surface area contributed by atoms with E-state index < -0.39 is 5.60 Å². The van der Waals surface area contributed by atoms with Crippen molar-refractivity contribution in [3.8, 4) is 5.69 Å². The number of carbonyl (C=O) groups is 2. The number of morpholine rings is 1. The van der Waals surface area contributed by atoms with Crippen LogP contribution in [0.1, 0.15) is 219 Å². The number of rotatable bonds is 11. The zero-order valence-corrected chi connectivity index (χ0v) is 73.0. The first-order valence-electron chi connectivity index (χ1n) is 40.5. The summed E-state index contributed by atoms with van der Waals surface area (Å²) in [7, 11) is 6.41. The fraction of sp³-hybridized carbons (Fsp3) is 0.568. The summed E-state index contributed by atoms with van der Waals surface area (Å²) < 4.78 is 12.8. The molecule has 0 bridgehead atoms. The predicted molar refractivity (Wildman–Crippen MR) is 467 cm³/mol. The van der Waals surface area contributed by atoms with E-state index in [0.717, 1.165) is 97.2 Å². The molecule has 0 saturated carbocycles. The highest BCUT2D eigenvalue weighted by molar-refractivity contribution is 5.78. The number of anilines is 5. The van der Waals surface area contributed by atoms with Crippen molar-refractivity contribution in [1.82, 2.24) is 24.7 Å². The topological polar surface area (TPSA) is 105 Å². The molecule has 2 unspecified atom stereocenters. The number of nitrogens with one attached hydrogen (secondary N) is 1. The summed E-state index contributed by atoms with van der Waals surface area (Å²) in [4.78, 5) is 43.5. The summed E-state index contributed by atoms with van der Waals surface area (Å²) in [5.41, 5.74) is 16.8. The van der Waals surface area contributed by atoms with E-state index >= 15 is 0 Å². The van der Waals surface area contributed by atoms with Gasteiger partial charge in [0.15, 0.2) is 0 Å². The highest BCUT2D eigenvalue weighted by Crippen LogP contribution is 2.32. The lowest BCUT2D eigenvalue weighted by Gasteiger charge is -2.38. The third-order valence-corrected chi connectivity index (χ3v) is 20.8. The zero-order valence-electron chi connectivity index (χ0n) is 73.0. The minimum Gasteiger partial charge on any atom is -0.444 e. The van der Waals surface area contributed by atoms with E-state index in [1.54, 1.807) is 18.0 Å². The van der Waals surface area contributed by atoms with Crippen LogP contribution in [0.3, 0.4) is 0 Å². The fourth-order valence-electron chi connectivity index (χ4n) is 13.6. The number of ether oxygens (including phenoxy) is 2. The molecule has 14 heteroatoms. The molecule has 109 heavy (non-hydrogen) atoms. The van der Waals surface area contributed by atoms with E-state index in [-0.39, 0.29) is 44.5 Å². The minimum atomic E-state index is -0.434. The molecular weight excluding hydrogens is 1350 g/mol. The van der Waals surface area contributed by atoms with Gasteiger partial charge in [-0.25, -0.2) is 9.78 Å². The Morgan fingerprint density at radius 3 is 1.09 bits per heavy atom. The molecule has 600 valence electrons. The van der Waals surface area contributed by atoms with Crippen molar-refractivity contribution in [2.75, 3.05) is 137 Å². The largest absolute Gasteiger partial charge is 0.444 e. The summed E-state index contributed by atoms with van der Waals surface area (Å²) in [6.07, 6.45) is 8.54. The van der Waals surface area contributed by atoms with Crippen molar-refractivity contribution < 1.29 is 19.1 Å². The highest BCUT2D eigenvalue weighted by atomic mass is 16.6. The number of nitrogens with zero attached hydrogens (tertiary/aromatic N) is 9. The van der Waals surface area contributed by atoms with Gasteiger partial charge in [0.2, 0.25) is 0 Å². The van der Waals surface area contributed by atoms with E-state index in [0.29, 0.717) is 31.0 Å². The fourth-order valence-corrected chi connectivity index (χ4v) is 13.6. The molecule has 0 spiro atoms. The van der Waals surface area contributed by atoms with Gasteiger partial charge in [0.05, 0.1) is 19.5 Å². The van der Waals surface area contributed by atoms with Crippen LogP contribution in [-0.2, 0) is 46.8 Å².